The van der Waals surface area contributed by atoms with E-state index in [1.807, 2.05) is 41.7 Å². The van der Waals surface area contributed by atoms with Crippen molar-refractivity contribution in [2.75, 3.05) is 19.5 Å². The molecule has 1 aromatic rings. The lowest BCUT2D eigenvalue weighted by Crippen LogP contribution is -2.42. The van der Waals surface area contributed by atoms with Gasteiger partial charge in [0.15, 0.2) is 21.3 Å². The average Bonchev–Trinajstić information content (AvgIpc) is 2.97. The summed E-state index contributed by atoms with van der Waals surface area (Å²) in [5.74, 6) is 0.340. The SMILES string of the molecule is CC/C(=C\c1cc(I)c(O)c(OC)c1)CC[C@H]1OB(O)C[C@H]2C1=C(CO)CS2(=O)=O. The van der Waals surface area contributed by atoms with E-state index >= 15 is 0 Å². The van der Waals surface area contributed by atoms with Crippen LogP contribution in [0.25, 0.3) is 6.08 Å². The fraction of sp³-hybridized carbons (Fsp3) is 0.500. The Hall–Kier alpha value is -1.08. The van der Waals surface area contributed by atoms with E-state index in [2.05, 4.69) is 0 Å². The largest absolute Gasteiger partial charge is 0.504 e. The number of benzene rings is 1. The molecule has 0 saturated carbocycles. The summed E-state index contributed by atoms with van der Waals surface area (Å²) in [4.78, 5) is 0. The molecule has 0 aromatic heterocycles. The number of methoxy groups -OCH3 is 1. The van der Waals surface area contributed by atoms with E-state index in [1.165, 1.54) is 7.11 Å². The van der Waals surface area contributed by atoms with E-state index in [-0.39, 0.29) is 24.4 Å². The number of aliphatic hydroxyl groups excluding tert-OH is 1. The Labute approximate surface area is 191 Å². The molecule has 2 heterocycles. The van der Waals surface area contributed by atoms with Gasteiger partial charge in [-0.05, 0) is 70.7 Å². The molecule has 0 unspecified atom stereocenters. The van der Waals surface area contributed by atoms with Gasteiger partial charge in [-0.3, -0.25) is 0 Å². The summed E-state index contributed by atoms with van der Waals surface area (Å²) < 4.78 is 36.5. The molecule has 0 aliphatic carbocycles. The smallest absolute Gasteiger partial charge is 0.456 e. The highest BCUT2D eigenvalue weighted by molar-refractivity contribution is 14.1. The molecule has 1 aromatic carbocycles. The zero-order valence-electron chi connectivity index (χ0n) is 17.0. The molecule has 164 valence electrons. The summed E-state index contributed by atoms with van der Waals surface area (Å²) in [6.45, 7) is 1.72. The molecule has 3 N–H and O–H groups in total. The number of rotatable bonds is 7. The molecule has 30 heavy (non-hydrogen) atoms. The molecule has 7 nitrogen and oxygen atoms in total. The third kappa shape index (κ3) is 4.88. The Balaban J connectivity index is 1.82. The molecule has 0 amide bonds. The second-order valence-corrected chi connectivity index (χ2v) is 10.9. The Morgan fingerprint density at radius 2 is 2.17 bits per heavy atom. The fourth-order valence-electron chi connectivity index (χ4n) is 4.15. The Kier molecular flexibility index (Phi) is 7.55. The van der Waals surface area contributed by atoms with E-state index in [0.29, 0.717) is 33.3 Å². The number of fused-ring (bicyclic) bond motifs is 1. The molecule has 3 rings (SSSR count). The van der Waals surface area contributed by atoms with Crippen LogP contribution in [0.2, 0.25) is 6.32 Å². The van der Waals surface area contributed by atoms with E-state index in [4.69, 9.17) is 9.39 Å². The van der Waals surface area contributed by atoms with E-state index in [1.54, 1.807) is 6.07 Å². The van der Waals surface area contributed by atoms with Crippen LogP contribution >= 0.6 is 22.6 Å². The molecule has 2 atom stereocenters. The molecule has 2 aliphatic heterocycles. The first-order valence-corrected chi connectivity index (χ1v) is 12.6. The van der Waals surface area contributed by atoms with Crippen molar-refractivity contribution in [2.45, 2.75) is 43.9 Å². The van der Waals surface area contributed by atoms with Gasteiger partial charge >= 0.3 is 7.12 Å². The number of halogens is 1. The van der Waals surface area contributed by atoms with Crippen LogP contribution in [0.1, 0.15) is 31.7 Å². The van der Waals surface area contributed by atoms with Crippen LogP contribution in [-0.4, -0.2) is 61.6 Å². The minimum absolute atomic E-state index is 0.0138. The van der Waals surface area contributed by atoms with Crippen LogP contribution in [0.15, 0.2) is 28.9 Å². The Bertz CT molecular complexity index is 974. The summed E-state index contributed by atoms with van der Waals surface area (Å²) in [6, 6.07) is 3.63. The van der Waals surface area contributed by atoms with E-state index < -0.39 is 28.3 Å². The molecule has 0 radical (unpaired) electrons. The molecule has 1 fully saturated rings. The molecule has 1 saturated heterocycles. The molecule has 2 aliphatic rings. The topological polar surface area (TPSA) is 113 Å². The first-order valence-electron chi connectivity index (χ1n) is 9.83. The Morgan fingerprint density at radius 3 is 2.80 bits per heavy atom. The van der Waals surface area contributed by atoms with Gasteiger partial charge in [-0.2, -0.15) is 0 Å². The maximum absolute atomic E-state index is 12.4. The van der Waals surface area contributed by atoms with Crippen LogP contribution in [0.3, 0.4) is 0 Å². The monoisotopic (exact) mass is 548 g/mol. The third-order valence-electron chi connectivity index (χ3n) is 5.66. The Morgan fingerprint density at radius 1 is 1.43 bits per heavy atom. The van der Waals surface area contributed by atoms with Gasteiger partial charge in [0, 0.05) is 6.32 Å². The highest BCUT2D eigenvalue weighted by Crippen LogP contribution is 2.40. The van der Waals surface area contributed by atoms with E-state index in [9.17, 15) is 23.7 Å². The summed E-state index contributed by atoms with van der Waals surface area (Å²) in [5, 5.41) is 29.0. The zero-order valence-corrected chi connectivity index (χ0v) is 19.9. The number of hydrogen-bond donors (Lipinski definition) is 3. The van der Waals surface area contributed by atoms with Gasteiger partial charge in [-0.1, -0.05) is 18.6 Å². The van der Waals surface area contributed by atoms with Gasteiger partial charge < -0.3 is 24.6 Å². The first kappa shape index (κ1) is 23.6. The van der Waals surface area contributed by atoms with Crippen LogP contribution in [0.5, 0.6) is 11.5 Å². The maximum atomic E-state index is 12.4. The van der Waals surface area contributed by atoms with Gasteiger partial charge in [0.2, 0.25) is 0 Å². The molecular formula is C20H26BIO7S. The van der Waals surface area contributed by atoms with Crippen LogP contribution < -0.4 is 4.74 Å². The van der Waals surface area contributed by atoms with Gasteiger partial charge in [0.05, 0.1) is 34.4 Å². The van der Waals surface area contributed by atoms with Crippen LogP contribution in [0, 0.1) is 3.57 Å². The number of phenols is 1. The van der Waals surface area contributed by atoms with Gasteiger partial charge in [0.1, 0.15) is 0 Å². The lowest BCUT2D eigenvalue weighted by atomic mass is 9.74. The maximum Gasteiger partial charge on any atom is 0.456 e. The number of hydrogen-bond acceptors (Lipinski definition) is 7. The fourth-order valence-corrected chi connectivity index (χ4v) is 6.89. The van der Waals surface area contributed by atoms with Crippen LogP contribution in [-0.2, 0) is 14.5 Å². The highest BCUT2D eigenvalue weighted by Gasteiger charge is 2.48. The average molecular weight is 548 g/mol. The number of aliphatic hydroxyl groups is 1. The second-order valence-electron chi connectivity index (χ2n) is 7.58. The summed E-state index contributed by atoms with van der Waals surface area (Å²) in [6.07, 6.45) is 3.43. The molecule has 10 heteroatoms. The van der Waals surface area contributed by atoms with Crippen molar-refractivity contribution in [1.82, 2.24) is 0 Å². The van der Waals surface area contributed by atoms with Crippen molar-refractivity contribution >= 4 is 45.6 Å². The van der Waals surface area contributed by atoms with Crippen molar-refractivity contribution in [3.8, 4) is 11.5 Å². The minimum Gasteiger partial charge on any atom is -0.504 e. The second kappa shape index (κ2) is 9.60. The van der Waals surface area contributed by atoms with Gasteiger partial charge in [0.25, 0.3) is 0 Å². The third-order valence-corrected chi connectivity index (χ3v) is 8.55. The number of phenolic OH excluding ortho intramolecular Hbond substituents is 1. The van der Waals surface area contributed by atoms with Crippen molar-refractivity contribution < 1.29 is 33.0 Å². The van der Waals surface area contributed by atoms with Gasteiger partial charge in [-0.25, -0.2) is 8.42 Å². The lowest BCUT2D eigenvalue weighted by Gasteiger charge is -2.32. The van der Waals surface area contributed by atoms with Crippen molar-refractivity contribution in [3.63, 3.8) is 0 Å². The standard InChI is InChI=1S/C20H26BIO7S/c1-3-12(6-13-7-15(22)20(24)17(8-13)28-2)4-5-16-19-14(10-23)11-30(26,27)18(19)9-21(25)29-16/h6-8,16,18,23-25H,3-5,9-11H2,1-2H3/b12-6+/t16-,18+/m1/s1. The molecular weight excluding hydrogens is 522 g/mol. The normalized spacial score (nSPS) is 23.6. The minimum atomic E-state index is -3.41. The predicted octanol–water partition coefficient (Wildman–Crippen LogP) is 2.54. The molecule has 0 bridgehead atoms. The number of aromatic hydroxyl groups is 1. The molecule has 0 spiro atoms. The summed E-state index contributed by atoms with van der Waals surface area (Å²) >= 11 is 2.05. The van der Waals surface area contributed by atoms with E-state index in [0.717, 1.165) is 17.6 Å². The lowest BCUT2D eigenvalue weighted by molar-refractivity contribution is 0.168. The van der Waals surface area contributed by atoms with Crippen molar-refractivity contribution in [3.05, 3.63) is 38.0 Å². The number of ether oxygens (including phenoxy) is 1. The zero-order chi connectivity index (χ0) is 22.1. The number of sulfone groups is 1. The quantitative estimate of drug-likeness (QED) is 0.273. The van der Waals surface area contributed by atoms with Gasteiger partial charge in [-0.15, -0.1) is 0 Å². The number of allylic oxidation sites excluding steroid dienone is 1. The first-order chi connectivity index (χ1) is 14.2. The summed E-state index contributed by atoms with van der Waals surface area (Å²) in [7, 11) is -3.04. The summed E-state index contributed by atoms with van der Waals surface area (Å²) in [5.41, 5.74) is 3.13. The predicted molar refractivity (Wildman–Crippen MR) is 124 cm³/mol. The van der Waals surface area contributed by atoms with Crippen LogP contribution in [0.4, 0.5) is 0 Å². The van der Waals surface area contributed by atoms with Crippen molar-refractivity contribution in [2.24, 2.45) is 0 Å². The highest BCUT2D eigenvalue weighted by atomic mass is 127. The van der Waals surface area contributed by atoms with Crippen molar-refractivity contribution in [1.29, 1.82) is 0 Å².